The monoisotopic (exact) mass is 538 g/mol. The quantitative estimate of drug-likeness (QED) is 0.191. The van der Waals surface area contributed by atoms with Crippen molar-refractivity contribution in [3.8, 4) is 11.5 Å². The second kappa shape index (κ2) is 12.5. The first-order valence-corrected chi connectivity index (χ1v) is 13.9. The minimum atomic E-state index is -0.437. The van der Waals surface area contributed by atoms with Crippen molar-refractivity contribution in [1.82, 2.24) is 25.1 Å². The van der Waals surface area contributed by atoms with Crippen LogP contribution in [0.3, 0.4) is 0 Å². The van der Waals surface area contributed by atoms with E-state index < -0.39 is 6.04 Å². The summed E-state index contributed by atoms with van der Waals surface area (Å²) in [6.45, 7) is 2.59. The van der Waals surface area contributed by atoms with E-state index in [2.05, 4.69) is 33.1 Å². The number of unbranched alkanes of at least 4 members (excludes halogenated alkanes) is 2. The molecule has 0 aliphatic carbocycles. The van der Waals surface area contributed by atoms with Crippen LogP contribution in [0.2, 0.25) is 0 Å². The molecule has 2 aromatic heterocycles. The topological polar surface area (TPSA) is 129 Å². The summed E-state index contributed by atoms with van der Waals surface area (Å²) in [5.41, 5.74) is 8.05. The van der Waals surface area contributed by atoms with Gasteiger partial charge in [-0.1, -0.05) is 62.2 Å². The van der Waals surface area contributed by atoms with Gasteiger partial charge in [-0.05, 0) is 47.9 Å². The van der Waals surface area contributed by atoms with Crippen LogP contribution in [0.1, 0.15) is 63.2 Å². The number of rotatable bonds is 13. The lowest BCUT2D eigenvalue weighted by molar-refractivity contribution is -0.122. The van der Waals surface area contributed by atoms with Crippen molar-refractivity contribution in [2.24, 2.45) is 5.73 Å². The first-order chi connectivity index (χ1) is 19.5. The Labute approximate surface area is 232 Å². The Morgan fingerprint density at radius 3 is 2.58 bits per heavy atom. The molecule has 3 N–H and O–H groups in total. The average molecular weight is 539 g/mol. The Balaban J connectivity index is 1.30. The second-order valence-corrected chi connectivity index (χ2v) is 9.97. The van der Waals surface area contributed by atoms with Gasteiger partial charge in [-0.15, -0.1) is 10.2 Å². The van der Waals surface area contributed by atoms with Crippen molar-refractivity contribution < 1.29 is 14.0 Å². The molecule has 2 heterocycles. The Kier molecular flexibility index (Phi) is 8.49. The summed E-state index contributed by atoms with van der Waals surface area (Å²) < 4.78 is 8.20. The fraction of sp³-hybridized carbons (Fsp3) is 0.323. The van der Waals surface area contributed by atoms with Gasteiger partial charge < -0.3 is 20.0 Å². The van der Waals surface area contributed by atoms with Crippen LogP contribution >= 0.6 is 0 Å². The second-order valence-electron chi connectivity index (χ2n) is 9.97. The van der Waals surface area contributed by atoms with Gasteiger partial charge in [0.1, 0.15) is 11.9 Å². The minimum Gasteiger partial charge on any atom is -0.418 e. The van der Waals surface area contributed by atoms with Crippen LogP contribution in [-0.2, 0) is 22.6 Å². The molecule has 2 amide bonds. The zero-order chi connectivity index (χ0) is 27.9. The zero-order valence-corrected chi connectivity index (χ0v) is 22.7. The molecule has 0 aliphatic heterocycles. The summed E-state index contributed by atoms with van der Waals surface area (Å²) >= 11 is 0. The first kappa shape index (κ1) is 27.1. The van der Waals surface area contributed by atoms with E-state index in [0.29, 0.717) is 37.6 Å². The average Bonchev–Trinajstić information content (AvgIpc) is 3.60. The summed E-state index contributed by atoms with van der Waals surface area (Å²) in [6.07, 6.45) is 4.32. The Hall–Kier alpha value is -4.53. The van der Waals surface area contributed by atoms with Gasteiger partial charge in [0.25, 0.3) is 0 Å². The number of imidazole rings is 1. The van der Waals surface area contributed by atoms with Crippen molar-refractivity contribution in [3.63, 3.8) is 0 Å². The summed E-state index contributed by atoms with van der Waals surface area (Å²) in [5, 5.41) is 13.9. The molecule has 0 saturated heterocycles. The highest BCUT2D eigenvalue weighted by Crippen LogP contribution is 2.27. The van der Waals surface area contributed by atoms with E-state index in [9.17, 15) is 9.59 Å². The third kappa shape index (κ3) is 6.36. The number of aryl methyl sites for hydroxylation is 2. The fourth-order valence-electron chi connectivity index (χ4n) is 5.02. The number of nitrogens with two attached hydrogens (primary N) is 1. The van der Waals surface area contributed by atoms with Crippen LogP contribution in [0.5, 0.6) is 0 Å². The number of aromatic nitrogens is 4. The van der Waals surface area contributed by atoms with Gasteiger partial charge in [0.15, 0.2) is 0 Å². The highest BCUT2D eigenvalue weighted by atomic mass is 16.4. The Bertz CT molecular complexity index is 1620. The number of hydrogen-bond donors (Lipinski definition) is 2. The molecule has 0 bridgehead atoms. The summed E-state index contributed by atoms with van der Waals surface area (Å²) in [7, 11) is 0. The summed E-state index contributed by atoms with van der Waals surface area (Å²) in [6, 6.07) is 21.6. The molecule has 9 nitrogen and oxygen atoms in total. The molecule has 0 unspecified atom stereocenters. The molecule has 9 heteroatoms. The minimum absolute atomic E-state index is 0.104. The van der Waals surface area contributed by atoms with E-state index in [0.717, 1.165) is 52.5 Å². The van der Waals surface area contributed by atoms with Gasteiger partial charge in [-0.25, -0.2) is 4.98 Å². The van der Waals surface area contributed by atoms with Gasteiger partial charge in [0, 0.05) is 31.4 Å². The maximum absolute atomic E-state index is 13.2. The van der Waals surface area contributed by atoms with E-state index in [1.165, 1.54) is 0 Å². The number of carbonyl (C=O) groups is 2. The van der Waals surface area contributed by atoms with Crippen molar-refractivity contribution in [1.29, 1.82) is 0 Å². The lowest BCUT2D eigenvalue weighted by Crippen LogP contribution is -2.29. The molecule has 0 aliphatic rings. The molecular formula is C31H34N6O3. The predicted molar refractivity (Wildman–Crippen MR) is 154 cm³/mol. The molecule has 206 valence electrons. The molecule has 5 rings (SSSR count). The predicted octanol–water partition coefficient (Wildman–Crippen LogP) is 5.49. The maximum atomic E-state index is 13.2. The zero-order valence-electron chi connectivity index (χ0n) is 22.7. The summed E-state index contributed by atoms with van der Waals surface area (Å²) in [4.78, 5) is 29.0. The van der Waals surface area contributed by atoms with Crippen molar-refractivity contribution >= 4 is 33.6 Å². The maximum Gasteiger partial charge on any atom is 0.247 e. The van der Waals surface area contributed by atoms with Crippen LogP contribution in [0.25, 0.3) is 33.3 Å². The van der Waals surface area contributed by atoms with Crippen LogP contribution in [-0.4, -0.2) is 31.6 Å². The van der Waals surface area contributed by atoms with E-state index in [-0.39, 0.29) is 18.2 Å². The molecule has 5 aromatic rings. The number of nitrogens with zero attached hydrogens (tertiary/aromatic N) is 4. The van der Waals surface area contributed by atoms with E-state index in [1.807, 2.05) is 60.7 Å². The standard InChI is InChI=1S/C31H34N6O3/c1-2-28-33-24-12-8-9-14-26(24)37(28)19-18-29(39)34-25(13-4-3-5-15-27(32)38)31-36-35-30(40-31)23-17-16-21-10-6-7-11-22(21)20-23/h6-12,14,16-17,20,25H,2-5,13,15,18-19H2,1H3,(H2,32,38)(H,34,39)/t25-/m0/s1. The number of carbonyl (C=O) groups excluding carboxylic acids is 2. The van der Waals surface area contributed by atoms with Gasteiger partial charge in [0.2, 0.25) is 23.6 Å². The van der Waals surface area contributed by atoms with Gasteiger partial charge in [0.05, 0.1) is 11.0 Å². The highest BCUT2D eigenvalue weighted by Gasteiger charge is 2.22. The van der Waals surface area contributed by atoms with Gasteiger partial charge >= 0.3 is 0 Å². The van der Waals surface area contributed by atoms with E-state index in [1.54, 1.807) is 0 Å². The molecule has 0 saturated carbocycles. The van der Waals surface area contributed by atoms with Crippen LogP contribution in [0, 0.1) is 0 Å². The number of primary amides is 1. The van der Waals surface area contributed by atoms with Crippen molar-refractivity contribution in [3.05, 3.63) is 78.4 Å². The summed E-state index contributed by atoms with van der Waals surface area (Å²) in [5.74, 6) is 1.32. The SMILES string of the molecule is CCc1nc2ccccc2n1CCC(=O)N[C@@H](CCCCCC(N)=O)c1nnc(-c2ccc3ccccc3c2)o1. The fourth-order valence-corrected chi connectivity index (χ4v) is 5.02. The van der Waals surface area contributed by atoms with Crippen molar-refractivity contribution in [2.45, 2.75) is 64.5 Å². The molecule has 1 atom stereocenters. The molecule has 0 fully saturated rings. The van der Waals surface area contributed by atoms with Gasteiger partial charge in [-0.3, -0.25) is 9.59 Å². The Morgan fingerprint density at radius 2 is 1.75 bits per heavy atom. The first-order valence-electron chi connectivity index (χ1n) is 13.9. The lowest BCUT2D eigenvalue weighted by Gasteiger charge is -2.16. The Morgan fingerprint density at radius 1 is 0.950 bits per heavy atom. The largest absolute Gasteiger partial charge is 0.418 e. The van der Waals surface area contributed by atoms with Crippen LogP contribution < -0.4 is 11.1 Å². The number of para-hydroxylation sites is 2. The normalized spacial score (nSPS) is 12.1. The molecule has 3 aromatic carbocycles. The van der Waals surface area contributed by atoms with Crippen LogP contribution in [0.4, 0.5) is 0 Å². The third-order valence-electron chi connectivity index (χ3n) is 7.10. The molecule has 40 heavy (non-hydrogen) atoms. The number of amides is 2. The highest BCUT2D eigenvalue weighted by molar-refractivity contribution is 5.86. The third-order valence-corrected chi connectivity index (χ3v) is 7.10. The molecular weight excluding hydrogens is 504 g/mol. The smallest absolute Gasteiger partial charge is 0.247 e. The van der Waals surface area contributed by atoms with Crippen molar-refractivity contribution in [2.75, 3.05) is 0 Å². The van der Waals surface area contributed by atoms with E-state index in [4.69, 9.17) is 15.1 Å². The number of hydrogen-bond acceptors (Lipinski definition) is 6. The molecule has 0 radical (unpaired) electrons. The lowest BCUT2D eigenvalue weighted by atomic mass is 10.1. The van der Waals surface area contributed by atoms with Crippen LogP contribution in [0.15, 0.2) is 71.1 Å². The number of fused-ring (bicyclic) bond motifs is 2. The number of nitrogens with one attached hydrogen (secondary N) is 1. The number of benzene rings is 3. The van der Waals surface area contributed by atoms with E-state index >= 15 is 0 Å². The van der Waals surface area contributed by atoms with Gasteiger partial charge in [-0.2, -0.15) is 0 Å². The molecule has 0 spiro atoms.